The normalized spacial score (nSPS) is 11.2. The summed E-state index contributed by atoms with van der Waals surface area (Å²) in [6.45, 7) is 5.27. The van der Waals surface area contributed by atoms with Gasteiger partial charge >= 0.3 is 0 Å². The third kappa shape index (κ3) is 8.94. The highest BCUT2D eigenvalue weighted by Gasteiger charge is 2.03. The van der Waals surface area contributed by atoms with Gasteiger partial charge in [0.05, 0.1) is 6.54 Å². The molecule has 0 atom stereocenters. The molecule has 0 amide bonds. The van der Waals surface area contributed by atoms with Gasteiger partial charge in [-0.25, -0.2) is 0 Å². The summed E-state index contributed by atoms with van der Waals surface area (Å²) in [4.78, 5) is 9.14. The topological polar surface area (TPSA) is 48.9 Å². The van der Waals surface area contributed by atoms with Crippen molar-refractivity contribution in [3.05, 3.63) is 51.7 Å². The van der Waals surface area contributed by atoms with Crippen LogP contribution in [0, 0.1) is 0 Å². The van der Waals surface area contributed by atoms with Crippen LogP contribution in [0.3, 0.4) is 0 Å². The molecule has 0 aliphatic heterocycles. The molecule has 1 aromatic heterocycles. The molecule has 2 rings (SSSR count). The fourth-order valence-electron chi connectivity index (χ4n) is 2.38. The smallest absolute Gasteiger partial charge is 0.191 e. The average molecular weight is 502 g/mol. The number of aryl methyl sites for hydroxylation is 1. The average Bonchev–Trinajstić information content (AvgIpc) is 3.10. The van der Waals surface area contributed by atoms with Gasteiger partial charge < -0.3 is 20.3 Å². The van der Waals surface area contributed by atoms with E-state index < -0.39 is 0 Å². The minimum atomic E-state index is 0. The van der Waals surface area contributed by atoms with Gasteiger partial charge in [0.25, 0.3) is 0 Å². The molecule has 1 heterocycles. The number of hydrogen-bond donors (Lipinski definition) is 2. The summed E-state index contributed by atoms with van der Waals surface area (Å²) in [5.41, 5.74) is 1.17. The molecule has 7 heteroatoms. The molecule has 150 valence electrons. The summed E-state index contributed by atoms with van der Waals surface area (Å²) < 4.78 is 5.79. The van der Waals surface area contributed by atoms with Crippen LogP contribution in [0.5, 0.6) is 5.75 Å². The molecule has 0 aliphatic carbocycles. The van der Waals surface area contributed by atoms with Gasteiger partial charge in [0.1, 0.15) is 12.4 Å². The maximum atomic E-state index is 5.79. The van der Waals surface area contributed by atoms with Crippen molar-refractivity contribution >= 4 is 41.3 Å². The molecule has 0 bridgehead atoms. The Morgan fingerprint density at radius 2 is 1.85 bits per heavy atom. The number of rotatable bonds is 9. The second-order valence-corrected chi connectivity index (χ2v) is 7.55. The van der Waals surface area contributed by atoms with Crippen LogP contribution in [0.15, 0.2) is 41.4 Å². The Kier molecular flexibility index (Phi) is 11.4. The van der Waals surface area contributed by atoms with Crippen molar-refractivity contribution in [3.63, 3.8) is 0 Å². The molecule has 0 spiro atoms. The highest BCUT2D eigenvalue weighted by molar-refractivity contribution is 14.0. The Bertz CT molecular complexity index is 703. The quantitative estimate of drug-likeness (QED) is 0.312. The first-order valence-corrected chi connectivity index (χ1v) is 9.81. The lowest BCUT2D eigenvalue weighted by molar-refractivity contribution is 0.261. The van der Waals surface area contributed by atoms with Gasteiger partial charge in [-0.15, -0.1) is 35.3 Å². The van der Waals surface area contributed by atoms with Crippen LogP contribution in [-0.2, 0) is 19.5 Å². The van der Waals surface area contributed by atoms with E-state index in [1.807, 2.05) is 37.6 Å². The Balaban J connectivity index is 0.00000364. The lowest BCUT2D eigenvalue weighted by atomic mass is 10.2. The molecular formula is C20H31IN4OS. The zero-order valence-electron chi connectivity index (χ0n) is 16.6. The Hall–Kier alpha value is -1.32. The Morgan fingerprint density at radius 3 is 2.52 bits per heavy atom. The minimum Gasteiger partial charge on any atom is -0.492 e. The fourth-order valence-corrected chi connectivity index (χ4v) is 3.27. The number of guanidine groups is 1. The second-order valence-electron chi connectivity index (χ2n) is 6.30. The van der Waals surface area contributed by atoms with Crippen molar-refractivity contribution in [1.82, 2.24) is 15.5 Å². The van der Waals surface area contributed by atoms with Gasteiger partial charge in [0, 0.05) is 29.9 Å². The van der Waals surface area contributed by atoms with Crippen LogP contribution in [0.2, 0.25) is 0 Å². The van der Waals surface area contributed by atoms with E-state index in [1.54, 1.807) is 7.05 Å². The number of benzene rings is 1. The van der Waals surface area contributed by atoms with Gasteiger partial charge in [-0.2, -0.15) is 0 Å². The number of nitrogens with one attached hydrogen (secondary N) is 2. The van der Waals surface area contributed by atoms with Crippen LogP contribution in [0.25, 0.3) is 0 Å². The van der Waals surface area contributed by atoms with Crippen molar-refractivity contribution in [2.24, 2.45) is 4.99 Å². The fraction of sp³-hybridized carbons (Fsp3) is 0.450. The largest absolute Gasteiger partial charge is 0.492 e. The number of ether oxygens (including phenoxy) is 1. The number of likely N-dealkylation sites (N-methyl/N-ethyl adjacent to an activating group) is 1. The highest BCUT2D eigenvalue weighted by atomic mass is 127. The highest BCUT2D eigenvalue weighted by Crippen LogP contribution is 2.16. The number of halogens is 1. The van der Waals surface area contributed by atoms with Crippen LogP contribution in [0.4, 0.5) is 0 Å². The Morgan fingerprint density at radius 1 is 1.11 bits per heavy atom. The summed E-state index contributed by atoms with van der Waals surface area (Å²) in [7, 11) is 5.88. The molecule has 1 aromatic carbocycles. The van der Waals surface area contributed by atoms with Crippen molar-refractivity contribution in [1.29, 1.82) is 0 Å². The van der Waals surface area contributed by atoms with E-state index in [2.05, 4.69) is 51.7 Å². The van der Waals surface area contributed by atoms with E-state index in [4.69, 9.17) is 4.74 Å². The molecular weight excluding hydrogens is 471 g/mol. The molecule has 0 unspecified atom stereocenters. The molecule has 0 fully saturated rings. The Labute approximate surface area is 184 Å². The van der Waals surface area contributed by atoms with E-state index in [9.17, 15) is 0 Å². The summed E-state index contributed by atoms with van der Waals surface area (Å²) in [6.07, 6.45) is 1.09. The van der Waals surface area contributed by atoms with Crippen molar-refractivity contribution in [2.75, 3.05) is 34.3 Å². The summed E-state index contributed by atoms with van der Waals surface area (Å²) in [6, 6.07) is 12.6. The van der Waals surface area contributed by atoms with Crippen LogP contribution in [0.1, 0.15) is 22.2 Å². The van der Waals surface area contributed by atoms with Gasteiger partial charge in [0.2, 0.25) is 0 Å². The van der Waals surface area contributed by atoms with Crippen LogP contribution in [-0.4, -0.2) is 45.2 Å². The van der Waals surface area contributed by atoms with E-state index in [1.165, 1.54) is 15.3 Å². The van der Waals surface area contributed by atoms with E-state index in [0.29, 0.717) is 13.2 Å². The predicted molar refractivity (Wildman–Crippen MR) is 127 cm³/mol. The first-order chi connectivity index (χ1) is 12.6. The summed E-state index contributed by atoms with van der Waals surface area (Å²) in [5.74, 6) is 1.70. The van der Waals surface area contributed by atoms with Crippen molar-refractivity contribution < 1.29 is 4.74 Å². The summed E-state index contributed by atoms with van der Waals surface area (Å²) >= 11 is 1.85. The predicted octanol–water partition coefficient (Wildman–Crippen LogP) is 3.73. The number of thiophene rings is 1. The SMILES string of the molecule is CCc1ccc(CNC(=NC)NCc2cccc(OCCN(C)C)c2)s1.I. The third-order valence-electron chi connectivity index (χ3n) is 3.89. The molecule has 27 heavy (non-hydrogen) atoms. The van der Waals surface area contributed by atoms with Gasteiger partial charge in [-0.3, -0.25) is 4.99 Å². The first kappa shape index (κ1) is 23.7. The zero-order chi connectivity index (χ0) is 18.8. The molecule has 5 nitrogen and oxygen atoms in total. The number of aliphatic imine (C=N–C) groups is 1. The monoisotopic (exact) mass is 502 g/mol. The maximum Gasteiger partial charge on any atom is 0.191 e. The van der Waals surface area contributed by atoms with E-state index >= 15 is 0 Å². The maximum absolute atomic E-state index is 5.79. The van der Waals surface area contributed by atoms with Gasteiger partial charge in [0.15, 0.2) is 5.96 Å². The number of nitrogens with zero attached hydrogens (tertiary/aromatic N) is 2. The lowest BCUT2D eigenvalue weighted by Crippen LogP contribution is -2.36. The van der Waals surface area contributed by atoms with Crippen LogP contribution >= 0.6 is 35.3 Å². The lowest BCUT2D eigenvalue weighted by Gasteiger charge is -2.13. The van der Waals surface area contributed by atoms with E-state index in [0.717, 1.165) is 31.2 Å². The molecule has 0 saturated heterocycles. The molecule has 0 aliphatic rings. The molecule has 0 radical (unpaired) electrons. The third-order valence-corrected chi connectivity index (χ3v) is 5.11. The second kappa shape index (κ2) is 13.0. The molecule has 2 N–H and O–H groups in total. The van der Waals surface area contributed by atoms with Crippen LogP contribution < -0.4 is 15.4 Å². The molecule has 0 saturated carbocycles. The minimum absolute atomic E-state index is 0. The van der Waals surface area contributed by atoms with Crippen molar-refractivity contribution in [3.8, 4) is 5.75 Å². The molecule has 2 aromatic rings. The van der Waals surface area contributed by atoms with E-state index in [-0.39, 0.29) is 24.0 Å². The van der Waals surface area contributed by atoms with Gasteiger partial charge in [-0.05, 0) is 50.3 Å². The van der Waals surface area contributed by atoms with Crippen molar-refractivity contribution in [2.45, 2.75) is 26.4 Å². The number of hydrogen-bond acceptors (Lipinski definition) is 4. The first-order valence-electron chi connectivity index (χ1n) is 8.99. The summed E-state index contributed by atoms with van der Waals surface area (Å²) in [5, 5.41) is 6.73. The standard InChI is InChI=1S/C20H30N4OS.HI/c1-5-18-9-10-19(26-18)15-23-20(21-2)22-14-16-7-6-8-17(13-16)25-12-11-24(3)4;/h6-10,13H,5,11-12,14-15H2,1-4H3,(H2,21,22,23);1H. The van der Waals surface area contributed by atoms with Gasteiger partial charge in [-0.1, -0.05) is 19.1 Å². The zero-order valence-corrected chi connectivity index (χ0v) is 19.8.